The predicted molar refractivity (Wildman–Crippen MR) is 110 cm³/mol. The number of piperidine rings is 1. The molecule has 1 amide bonds. The summed E-state index contributed by atoms with van der Waals surface area (Å²) in [5.74, 6) is -0.363. The maximum atomic E-state index is 12.8. The van der Waals surface area contributed by atoms with Crippen LogP contribution < -0.4 is 5.32 Å². The minimum atomic E-state index is -0.330. The van der Waals surface area contributed by atoms with Crippen LogP contribution in [-0.2, 0) is 22.4 Å². The Balaban J connectivity index is 1.79. The van der Waals surface area contributed by atoms with Crippen LogP contribution >= 0.6 is 11.3 Å². The summed E-state index contributed by atoms with van der Waals surface area (Å²) >= 11 is 1.57. The van der Waals surface area contributed by atoms with Gasteiger partial charge in [0, 0.05) is 17.0 Å². The summed E-state index contributed by atoms with van der Waals surface area (Å²) in [5, 5.41) is 3.73. The standard InChI is InChI=1S/C21H32N2O3S/c1-14-9-8-10-15(2)23(14)13-18(24)22-20-19(21(25)26-3)16-11-6-4-5-7-12-17(16)27-20/h14-15H,4-13H2,1-3H3,(H,22,24). The van der Waals surface area contributed by atoms with Crippen molar-refractivity contribution in [3.8, 4) is 0 Å². The number of hydrogen-bond donors (Lipinski definition) is 1. The van der Waals surface area contributed by atoms with Crippen molar-refractivity contribution in [2.45, 2.75) is 83.7 Å². The fourth-order valence-electron chi connectivity index (χ4n) is 4.44. The van der Waals surface area contributed by atoms with E-state index in [1.807, 2.05) is 0 Å². The van der Waals surface area contributed by atoms with Gasteiger partial charge in [-0.2, -0.15) is 0 Å². The van der Waals surface area contributed by atoms with Gasteiger partial charge in [0.1, 0.15) is 5.00 Å². The van der Waals surface area contributed by atoms with Crippen molar-refractivity contribution >= 4 is 28.2 Å². The number of nitrogens with one attached hydrogen (secondary N) is 1. The predicted octanol–water partition coefficient (Wildman–Crippen LogP) is 4.40. The third-order valence-electron chi connectivity index (χ3n) is 6.02. The molecule has 1 saturated heterocycles. The van der Waals surface area contributed by atoms with Crippen LogP contribution in [0.4, 0.5) is 5.00 Å². The lowest BCUT2D eigenvalue weighted by Gasteiger charge is -2.38. The molecule has 0 aromatic carbocycles. The lowest BCUT2D eigenvalue weighted by atomic mass is 9.96. The fourth-order valence-corrected chi connectivity index (χ4v) is 5.74. The molecule has 1 fully saturated rings. The van der Waals surface area contributed by atoms with Gasteiger partial charge >= 0.3 is 5.97 Å². The maximum absolute atomic E-state index is 12.8. The maximum Gasteiger partial charge on any atom is 0.341 e. The summed E-state index contributed by atoms with van der Waals surface area (Å²) in [7, 11) is 1.41. The Hall–Kier alpha value is -1.40. The minimum absolute atomic E-state index is 0.0324. The number of esters is 1. The smallest absolute Gasteiger partial charge is 0.341 e. The summed E-state index contributed by atoms with van der Waals surface area (Å²) in [6, 6.07) is 0.839. The van der Waals surface area contributed by atoms with Crippen LogP contribution in [0.5, 0.6) is 0 Å². The second kappa shape index (κ2) is 9.20. The molecule has 2 atom stereocenters. The van der Waals surface area contributed by atoms with Crippen molar-refractivity contribution in [3.05, 3.63) is 16.0 Å². The van der Waals surface area contributed by atoms with E-state index >= 15 is 0 Å². The van der Waals surface area contributed by atoms with Gasteiger partial charge in [0.05, 0.1) is 19.2 Å². The normalized spacial score (nSPS) is 23.8. The molecular formula is C21H32N2O3S. The molecule has 3 rings (SSSR count). The molecule has 2 aliphatic rings. The zero-order valence-electron chi connectivity index (χ0n) is 16.8. The number of nitrogens with zero attached hydrogens (tertiary/aromatic N) is 1. The van der Waals surface area contributed by atoms with Crippen molar-refractivity contribution in [1.82, 2.24) is 4.90 Å². The van der Waals surface area contributed by atoms with E-state index in [4.69, 9.17) is 4.74 Å². The summed E-state index contributed by atoms with van der Waals surface area (Å²) in [6.07, 6.45) is 10.0. The number of carbonyl (C=O) groups is 2. The minimum Gasteiger partial charge on any atom is -0.465 e. The van der Waals surface area contributed by atoms with Crippen LogP contribution in [0.25, 0.3) is 0 Å². The van der Waals surface area contributed by atoms with Crippen LogP contribution in [-0.4, -0.2) is 42.5 Å². The first-order valence-electron chi connectivity index (χ1n) is 10.3. The highest BCUT2D eigenvalue weighted by atomic mass is 32.1. The van der Waals surface area contributed by atoms with Crippen LogP contribution in [0.3, 0.4) is 0 Å². The number of carbonyl (C=O) groups excluding carboxylic acids is 2. The van der Waals surface area contributed by atoms with Gasteiger partial charge in [-0.1, -0.05) is 19.3 Å². The second-order valence-electron chi connectivity index (χ2n) is 7.96. The Kier molecular flexibility index (Phi) is 6.93. The molecule has 1 aromatic rings. The van der Waals surface area contributed by atoms with E-state index in [2.05, 4.69) is 24.1 Å². The van der Waals surface area contributed by atoms with E-state index in [1.165, 1.54) is 31.2 Å². The molecule has 0 saturated carbocycles. The number of aryl methyl sites for hydroxylation is 1. The van der Waals surface area contributed by atoms with Gasteiger partial charge in [0.15, 0.2) is 0 Å². The first-order valence-corrected chi connectivity index (χ1v) is 11.1. The number of ether oxygens (including phenoxy) is 1. The molecule has 2 heterocycles. The Morgan fingerprint density at radius 3 is 2.41 bits per heavy atom. The molecule has 1 aliphatic heterocycles. The number of fused-ring (bicyclic) bond motifs is 1. The van der Waals surface area contributed by atoms with Gasteiger partial charge in [-0.3, -0.25) is 9.69 Å². The van der Waals surface area contributed by atoms with Gasteiger partial charge in [-0.25, -0.2) is 4.79 Å². The first kappa shape index (κ1) is 20.3. The molecule has 1 aromatic heterocycles. The Bertz CT molecular complexity index is 675. The summed E-state index contributed by atoms with van der Waals surface area (Å²) < 4.78 is 5.05. The lowest BCUT2D eigenvalue weighted by Crippen LogP contribution is -2.47. The summed E-state index contributed by atoms with van der Waals surface area (Å²) in [5.41, 5.74) is 1.69. The number of rotatable bonds is 4. The topological polar surface area (TPSA) is 58.6 Å². The second-order valence-corrected chi connectivity index (χ2v) is 9.07. The molecule has 0 spiro atoms. The van der Waals surface area contributed by atoms with E-state index in [-0.39, 0.29) is 11.9 Å². The third kappa shape index (κ3) is 4.72. The summed E-state index contributed by atoms with van der Waals surface area (Å²) in [6.45, 7) is 4.77. The largest absolute Gasteiger partial charge is 0.465 e. The first-order chi connectivity index (χ1) is 13.0. The van der Waals surface area contributed by atoms with Gasteiger partial charge < -0.3 is 10.1 Å². The third-order valence-corrected chi connectivity index (χ3v) is 7.22. The van der Waals surface area contributed by atoms with Gasteiger partial charge in [0.2, 0.25) is 5.91 Å². The van der Waals surface area contributed by atoms with Crippen molar-refractivity contribution < 1.29 is 14.3 Å². The highest BCUT2D eigenvalue weighted by Crippen LogP contribution is 2.37. The average Bonchev–Trinajstić information content (AvgIpc) is 2.94. The molecule has 6 heteroatoms. The van der Waals surface area contributed by atoms with Gasteiger partial charge in [-0.05, 0) is 57.9 Å². The highest BCUT2D eigenvalue weighted by Gasteiger charge is 2.29. The number of thiophene rings is 1. The fraction of sp³-hybridized carbons (Fsp3) is 0.714. The van der Waals surface area contributed by atoms with E-state index in [0.717, 1.165) is 44.1 Å². The molecule has 1 N–H and O–H groups in total. The number of anilines is 1. The highest BCUT2D eigenvalue weighted by molar-refractivity contribution is 7.17. The Labute approximate surface area is 166 Å². The van der Waals surface area contributed by atoms with E-state index < -0.39 is 0 Å². The van der Waals surface area contributed by atoms with Crippen LogP contribution in [0, 0.1) is 0 Å². The number of likely N-dealkylation sites (tertiary alicyclic amines) is 1. The molecule has 150 valence electrons. The monoisotopic (exact) mass is 392 g/mol. The number of methoxy groups -OCH3 is 1. The van der Waals surface area contributed by atoms with Crippen molar-refractivity contribution in [2.75, 3.05) is 19.0 Å². The van der Waals surface area contributed by atoms with Crippen molar-refractivity contribution in [1.29, 1.82) is 0 Å². The van der Waals surface area contributed by atoms with E-state index in [1.54, 1.807) is 11.3 Å². The number of amides is 1. The van der Waals surface area contributed by atoms with E-state index in [9.17, 15) is 9.59 Å². The molecule has 5 nitrogen and oxygen atoms in total. The Morgan fingerprint density at radius 2 is 1.74 bits per heavy atom. The van der Waals surface area contributed by atoms with E-state index in [0.29, 0.717) is 29.2 Å². The van der Waals surface area contributed by atoms with Crippen molar-refractivity contribution in [3.63, 3.8) is 0 Å². The SMILES string of the molecule is COC(=O)c1c(NC(=O)CN2C(C)CCCC2C)sc2c1CCCCCC2. The molecular weight excluding hydrogens is 360 g/mol. The molecule has 1 aliphatic carbocycles. The lowest BCUT2D eigenvalue weighted by molar-refractivity contribution is -0.118. The van der Waals surface area contributed by atoms with Crippen LogP contribution in [0.1, 0.15) is 79.6 Å². The quantitative estimate of drug-likeness (QED) is 0.772. The molecule has 0 radical (unpaired) electrons. The zero-order chi connectivity index (χ0) is 19.4. The Morgan fingerprint density at radius 1 is 1.07 bits per heavy atom. The average molecular weight is 393 g/mol. The molecule has 2 unspecified atom stereocenters. The van der Waals surface area contributed by atoms with Crippen LogP contribution in [0.15, 0.2) is 0 Å². The van der Waals surface area contributed by atoms with Crippen LogP contribution in [0.2, 0.25) is 0 Å². The van der Waals surface area contributed by atoms with Gasteiger partial charge in [0.25, 0.3) is 0 Å². The number of hydrogen-bond acceptors (Lipinski definition) is 5. The molecule has 27 heavy (non-hydrogen) atoms. The zero-order valence-corrected chi connectivity index (χ0v) is 17.6. The van der Waals surface area contributed by atoms with Crippen molar-refractivity contribution in [2.24, 2.45) is 0 Å². The van der Waals surface area contributed by atoms with Gasteiger partial charge in [-0.15, -0.1) is 11.3 Å². The molecule has 0 bridgehead atoms. The summed E-state index contributed by atoms with van der Waals surface area (Å²) in [4.78, 5) is 28.8.